The summed E-state index contributed by atoms with van der Waals surface area (Å²) >= 11 is 11.6. The molecule has 0 amide bonds. The number of methoxy groups -OCH3 is 1. The second kappa shape index (κ2) is 8.95. The van der Waals surface area contributed by atoms with E-state index in [0.29, 0.717) is 35.0 Å². The molecule has 154 valence electrons. The van der Waals surface area contributed by atoms with E-state index in [1.165, 1.54) is 0 Å². The second-order valence-electron chi connectivity index (χ2n) is 6.87. The van der Waals surface area contributed by atoms with Crippen LogP contribution >= 0.6 is 23.8 Å². The minimum Gasteiger partial charge on any atom is -0.383 e. The summed E-state index contributed by atoms with van der Waals surface area (Å²) < 4.78 is 11.0. The van der Waals surface area contributed by atoms with Crippen molar-refractivity contribution < 1.29 is 9.26 Å². The monoisotopic (exact) mass is 440 g/mol. The first-order valence-electron chi connectivity index (χ1n) is 9.51. The fraction of sp³-hybridized carbons (Fsp3) is 0.227. The molecule has 0 spiro atoms. The standard InChI is InChI=1S/C22H21ClN4O2S/c1-14-18(21-25-20(26-29-21)16-8-10-17(23)11-9-16)19(15-6-4-3-5-7-15)24-22(30)27(14)12-13-28-2/h3-11,19H,12-13H2,1-2H3,(H,24,30). The van der Waals surface area contributed by atoms with Crippen LogP contribution in [0.1, 0.15) is 24.4 Å². The highest BCUT2D eigenvalue weighted by Crippen LogP contribution is 2.37. The third-order valence-corrected chi connectivity index (χ3v) is 5.60. The van der Waals surface area contributed by atoms with Crippen molar-refractivity contribution in [3.05, 3.63) is 76.8 Å². The Balaban J connectivity index is 1.78. The molecule has 30 heavy (non-hydrogen) atoms. The van der Waals surface area contributed by atoms with Crippen LogP contribution in [-0.2, 0) is 4.74 Å². The third kappa shape index (κ3) is 4.09. The van der Waals surface area contributed by atoms with Gasteiger partial charge in [-0.1, -0.05) is 47.1 Å². The van der Waals surface area contributed by atoms with Crippen LogP contribution in [0.2, 0.25) is 5.02 Å². The SMILES string of the molecule is COCCN1C(=S)NC(c2ccccc2)C(c2nc(-c3ccc(Cl)cc3)no2)=C1C. The molecule has 1 atom stereocenters. The molecule has 0 saturated carbocycles. The van der Waals surface area contributed by atoms with Gasteiger partial charge in [-0.05, 0) is 49.0 Å². The van der Waals surface area contributed by atoms with Gasteiger partial charge in [-0.2, -0.15) is 4.98 Å². The molecule has 4 rings (SSSR count). The van der Waals surface area contributed by atoms with Gasteiger partial charge in [-0.3, -0.25) is 0 Å². The van der Waals surface area contributed by atoms with Crippen LogP contribution < -0.4 is 5.32 Å². The van der Waals surface area contributed by atoms with E-state index in [1.807, 2.05) is 42.2 Å². The second-order valence-corrected chi connectivity index (χ2v) is 7.69. The van der Waals surface area contributed by atoms with Gasteiger partial charge in [-0.15, -0.1) is 0 Å². The molecule has 2 heterocycles. The van der Waals surface area contributed by atoms with Gasteiger partial charge in [0.1, 0.15) is 0 Å². The van der Waals surface area contributed by atoms with E-state index in [0.717, 1.165) is 22.4 Å². The van der Waals surface area contributed by atoms with Crippen LogP contribution in [-0.4, -0.2) is 40.4 Å². The number of aromatic nitrogens is 2. The van der Waals surface area contributed by atoms with E-state index in [1.54, 1.807) is 19.2 Å². The number of nitrogens with one attached hydrogen (secondary N) is 1. The topological polar surface area (TPSA) is 63.4 Å². The van der Waals surface area contributed by atoms with Crippen molar-refractivity contribution in [1.82, 2.24) is 20.4 Å². The van der Waals surface area contributed by atoms with E-state index in [2.05, 4.69) is 27.6 Å². The first-order chi connectivity index (χ1) is 14.6. The van der Waals surface area contributed by atoms with Crippen molar-refractivity contribution in [2.75, 3.05) is 20.3 Å². The summed E-state index contributed by atoms with van der Waals surface area (Å²) in [5.74, 6) is 0.953. The molecule has 8 heteroatoms. The smallest absolute Gasteiger partial charge is 0.258 e. The van der Waals surface area contributed by atoms with E-state index in [4.69, 9.17) is 33.1 Å². The Morgan fingerprint density at radius 2 is 1.90 bits per heavy atom. The highest BCUT2D eigenvalue weighted by Gasteiger charge is 2.33. The maximum absolute atomic E-state index is 6.00. The first-order valence-corrected chi connectivity index (χ1v) is 10.3. The van der Waals surface area contributed by atoms with Gasteiger partial charge >= 0.3 is 0 Å². The van der Waals surface area contributed by atoms with Gasteiger partial charge < -0.3 is 19.5 Å². The number of thiocarbonyl (C=S) groups is 1. The van der Waals surface area contributed by atoms with Crippen LogP contribution in [0.3, 0.4) is 0 Å². The van der Waals surface area contributed by atoms with E-state index in [-0.39, 0.29) is 6.04 Å². The Hall–Kier alpha value is -2.74. The molecule has 0 aliphatic carbocycles. The van der Waals surface area contributed by atoms with Gasteiger partial charge in [0.05, 0.1) is 18.2 Å². The molecule has 1 aliphatic heterocycles. The predicted molar refractivity (Wildman–Crippen MR) is 121 cm³/mol. The van der Waals surface area contributed by atoms with Crippen molar-refractivity contribution in [2.24, 2.45) is 0 Å². The zero-order valence-corrected chi connectivity index (χ0v) is 18.2. The van der Waals surface area contributed by atoms with Crippen molar-refractivity contribution in [3.63, 3.8) is 0 Å². The summed E-state index contributed by atoms with van der Waals surface area (Å²) in [6.07, 6.45) is 0. The summed E-state index contributed by atoms with van der Waals surface area (Å²) in [6, 6.07) is 17.2. The molecule has 6 nitrogen and oxygen atoms in total. The van der Waals surface area contributed by atoms with Gasteiger partial charge in [0.2, 0.25) is 5.82 Å². The Labute approximate surface area is 185 Å². The van der Waals surface area contributed by atoms with Gasteiger partial charge in [-0.25, -0.2) is 0 Å². The molecule has 1 aliphatic rings. The molecule has 0 bridgehead atoms. The Morgan fingerprint density at radius 3 is 2.60 bits per heavy atom. The summed E-state index contributed by atoms with van der Waals surface area (Å²) in [5, 5.41) is 8.91. The molecule has 3 aromatic rings. The normalized spacial score (nSPS) is 16.7. The third-order valence-electron chi connectivity index (χ3n) is 5.01. The quantitative estimate of drug-likeness (QED) is 0.557. The maximum atomic E-state index is 6.00. The molecule has 0 fully saturated rings. The minimum absolute atomic E-state index is 0.198. The van der Waals surface area contributed by atoms with Gasteiger partial charge in [0.15, 0.2) is 5.11 Å². The van der Waals surface area contributed by atoms with E-state index >= 15 is 0 Å². The van der Waals surface area contributed by atoms with Gasteiger partial charge in [0.25, 0.3) is 5.89 Å². The predicted octanol–water partition coefficient (Wildman–Crippen LogP) is 4.70. The number of ether oxygens (including phenoxy) is 1. The summed E-state index contributed by atoms with van der Waals surface area (Å²) in [6.45, 7) is 3.18. The lowest BCUT2D eigenvalue weighted by molar-refractivity contribution is 0.183. The Kier molecular flexibility index (Phi) is 6.13. The fourth-order valence-electron chi connectivity index (χ4n) is 3.45. The van der Waals surface area contributed by atoms with E-state index in [9.17, 15) is 0 Å². The number of halogens is 1. The van der Waals surface area contributed by atoms with Crippen LogP contribution in [0, 0.1) is 0 Å². The average Bonchev–Trinajstić information content (AvgIpc) is 3.24. The largest absolute Gasteiger partial charge is 0.383 e. The molecule has 0 saturated heterocycles. The first kappa shape index (κ1) is 20.5. The number of hydrogen-bond donors (Lipinski definition) is 1. The minimum atomic E-state index is -0.198. The maximum Gasteiger partial charge on any atom is 0.258 e. The van der Waals surface area contributed by atoms with Crippen molar-refractivity contribution >= 4 is 34.5 Å². The number of benzene rings is 2. The fourth-order valence-corrected chi connectivity index (χ4v) is 3.93. The zero-order valence-electron chi connectivity index (χ0n) is 16.6. The molecule has 0 radical (unpaired) electrons. The summed E-state index contributed by atoms with van der Waals surface area (Å²) in [5.41, 5.74) is 3.74. The number of hydrogen-bond acceptors (Lipinski definition) is 5. The zero-order chi connectivity index (χ0) is 21.1. The average molecular weight is 441 g/mol. The Bertz CT molecular complexity index is 1070. The molecular formula is C22H21ClN4O2S. The summed E-state index contributed by atoms with van der Waals surface area (Å²) in [7, 11) is 1.67. The number of rotatable bonds is 6. The van der Waals surface area contributed by atoms with Gasteiger partial charge in [0, 0.05) is 29.9 Å². The van der Waals surface area contributed by atoms with Crippen LogP contribution in [0.25, 0.3) is 17.0 Å². The van der Waals surface area contributed by atoms with Crippen LogP contribution in [0.5, 0.6) is 0 Å². The highest BCUT2D eigenvalue weighted by molar-refractivity contribution is 7.80. The lowest BCUT2D eigenvalue weighted by Crippen LogP contribution is -2.47. The number of nitrogens with zero attached hydrogens (tertiary/aromatic N) is 3. The molecule has 1 unspecified atom stereocenters. The molecule has 1 N–H and O–H groups in total. The van der Waals surface area contributed by atoms with Crippen molar-refractivity contribution in [2.45, 2.75) is 13.0 Å². The lowest BCUT2D eigenvalue weighted by atomic mass is 9.95. The van der Waals surface area contributed by atoms with Crippen LogP contribution in [0.15, 0.2) is 64.8 Å². The molecular weight excluding hydrogens is 420 g/mol. The molecule has 2 aromatic carbocycles. The highest BCUT2D eigenvalue weighted by atomic mass is 35.5. The van der Waals surface area contributed by atoms with E-state index < -0.39 is 0 Å². The van der Waals surface area contributed by atoms with Crippen LogP contribution in [0.4, 0.5) is 0 Å². The lowest BCUT2D eigenvalue weighted by Gasteiger charge is -2.37. The number of allylic oxidation sites excluding steroid dienone is 1. The summed E-state index contributed by atoms with van der Waals surface area (Å²) in [4.78, 5) is 6.68. The Morgan fingerprint density at radius 1 is 1.17 bits per heavy atom. The molecule has 1 aromatic heterocycles. The van der Waals surface area contributed by atoms with Crippen molar-refractivity contribution in [3.8, 4) is 11.4 Å². The van der Waals surface area contributed by atoms with Crippen molar-refractivity contribution in [1.29, 1.82) is 0 Å².